The minimum atomic E-state index is 0.132. The Balaban J connectivity index is 1.87. The van der Waals surface area contributed by atoms with Crippen molar-refractivity contribution >= 4 is 28.4 Å². The average molecular weight is 409 g/mol. The van der Waals surface area contributed by atoms with Gasteiger partial charge >= 0.3 is 0 Å². The predicted octanol–water partition coefficient (Wildman–Crippen LogP) is 3.66. The summed E-state index contributed by atoms with van der Waals surface area (Å²) in [6.45, 7) is 1.29. The van der Waals surface area contributed by atoms with Gasteiger partial charge in [0.15, 0.2) is 5.78 Å². The van der Waals surface area contributed by atoms with Crippen LogP contribution in [0.5, 0.6) is 5.75 Å². The molecule has 2 aromatic carbocycles. The zero-order valence-corrected chi connectivity index (χ0v) is 15.0. The number of carbonyl (C=O) groups excluding carboxylic acids is 1. The van der Waals surface area contributed by atoms with Gasteiger partial charge < -0.3 is 4.74 Å². The molecule has 0 fully saturated rings. The number of Topliss-reactive ketones (excluding diaryl/α,β-unsaturated/α-hetero) is 1. The number of halogens is 1. The van der Waals surface area contributed by atoms with Gasteiger partial charge in [-0.2, -0.15) is 0 Å². The second-order valence-corrected chi connectivity index (χ2v) is 6.39. The number of rotatable bonds is 7. The highest BCUT2D eigenvalue weighted by molar-refractivity contribution is 14.1. The maximum atomic E-state index is 12.2. The van der Waals surface area contributed by atoms with Gasteiger partial charge in [0.05, 0.1) is 13.7 Å². The van der Waals surface area contributed by atoms with Crippen LogP contribution in [0, 0.1) is 3.57 Å². The summed E-state index contributed by atoms with van der Waals surface area (Å²) < 4.78 is 6.38. The topological polar surface area (TPSA) is 29.5 Å². The first-order valence-corrected chi connectivity index (χ1v) is 8.27. The molecule has 0 amide bonds. The molecule has 0 bridgehead atoms. The predicted molar refractivity (Wildman–Crippen MR) is 97.7 cm³/mol. The summed E-state index contributed by atoms with van der Waals surface area (Å²) in [6.07, 6.45) is 0.950. The highest BCUT2D eigenvalue weighted by atomic mass is 127. The van der Waals surface area contributed by atoms with Crippen LogP contribution in [0.25, 0.3) is 0 Å². The maximum Gasteiger partial charge on any atom is 0.176 e. The Kier molecular flexibility index (Phi) is 6.39. The van der Waals surface area contributed by atoms with Gasteiger partial charge in [0.2, 0.25) is 0 Å². The summed E-state index contributed by atoms with van der Waals surface area (Å²) in [5.41, 5.74) is 2.05. The fraction of sp³-hybridized carbons (Fsp3) is 0.278. The Labute approximate surface area is 145 Å². The maximum absolute atomic E-state index is 12.2. The van der Waals surface area contributed by atoms with Crippen LogP contribution in [0.3, 0.4) is 0 Å². The number of methoxy groups -OCH3 is 1. The molecule has 4 heteroatoms. The van der Waals surface area contributed by atoms with Crippen LogP contribution in [0.15, 0.2) is 48.5 Å². The van der Waals surface area contributed by atoms with Crippen molar-refractivity contribution in [3.05, 3.63) is 63.2 Å². The number of likely N-dealkylation sites (N-methyl/N-ethyl adjacent to an activating group) is 1. The zero-order chi connectivity index (χ0) is 15.9. The average Bonchev–Trinajstić information content (AvgIpc) is 2.54. The normalized spacial score (nSPS) is 10.7. The molecule has 0 aliphatic rings. The third kappa shape index (κ3) is 4.81. The standard InChI is InChI=1S/C18H20INO2/c1-20(12-11-14-5-3-4-6-17(14)19)13-18(21)15-7-9-16(22-2)10-8-15/h3-10H,11-13H2,1-2H3. The lowest BCUT2D eigenvalue weighted by molar-refractivity contribution is 0.0947. The number of hydrogen-bond acceptors (Lipinski definition) is 3. The van der Waals surface area contributed by atoms with Gasteiger partial charge in [-0.25, -0.2) is 0 Å². The van der Waals surface area contributed by atoms with Crippen molar-refractivity contribution in [1.29, 1.82) is 0 Å². The highest BCUT2D eigenvalue weighted by Crippen LogP contribution is 2.13. The van der Waals surface area contributed by atoms with E-state index < -0.39 is 0 Å². The molecule has 116 valence electrons. The zero-order valence-electron chi connectivity index (χ0n) is 12.9. The molecule has 0 heterocycles. The van der Waals surface area contributed by atoms with E-state index in [1.165, 1.54) is 9.13 Å². The van der Waals surface area contributed by atoms with Crippen LogP contribution < -0.4 is 4.74 Å². The van der Waals surface area contributed by atoms with E-state index in [1.54, 1.807) is 7.11 Å². The van der Waals surface area contributed by atoms with E-state index in [1.807, 2.05) is 37.4 Å². The molecule has 0 spiro atoms. The summed E-state index contributed by atoms with van der Waals surface area (Å²) in [7, 11) is 3.60. The summed E-state index contributed by atoms with van der Waals surface area (Å²) in [5.74, 6) is 0.900. The van der Waals surface area contributed by atoms with E-state index >= 15 is 0 Å². The molecule has 0 unspecified atom stereocenters. The van der Waals surface area contributed by atoms with Crippen molar-refractivity contribution in [1.82, 2.24) is 4.90 Å². The lowest BCUT2D eigenvalue weighted by Crippen LogP contribution is -2.28. The molecule has 2 rings (SSSR count). The Morgan fingerprint density at radius 2 is 1.82 bits per heavy atom. The van der Waals surface area contributed by atoms with E-state index in [-0.39, 0.29) is 5.78 Å². The number of hydrogen-bond donors (Lipinski definition) is 0. The minimum absolute atomic E-state index is 0.132. The van der Waals surface area contributed by atoms with Gasteiger partial charge in [-0.15, -0.1) is 0 Å². The van der Waals surface area contributed by atoms with Crippen LogP contribution in [-0.2, 0) is 6.42 Å². The fourth-order valence-electron chi connectivity index (χ4n) is 2.20. The summed E-state index contributed by atoms with van der Waals surface area (Å²) in [5, 5.41) is 0. The molecule has 2 aromatic rings. The second kappa shape index (κ2) is 8.29. The van der Waals surface area contributed by atoms with Crippen LogP contribution in [0.4, 0.5) is 0 Å². The molecular weight excluding hydrogens is 389 g/mol. The SMILES string of the molecule is COc1ccc(C(=O)CN(C)CCc2ccccc2I)cc1. The van der Waals surface area contributed by atoms with Crippen LogP contribution in [0.2, 0.25) is 0 Å². The minimum Gasteiger partial charge on any atom is -0.497 e. The van der Waals surface area contributed by atoms with Crippen molar-refractivity contribution in [2.75, 3.05) is 27.2 Å². The molecule has 0 saturated carbocycles. The first kappa shape index (κ1) is 17.0. The van der Waals surface area contributed by atoms with Gasteiger partial charge in [-0.3, -0.25) is 9.69 Å². The highest BCUT2D eigenvalue weighted by Gasteiger charge is 2.10. The van der Waals surface area contributed by atoms with Crippen LogP contribution in [-0.4, -0.2) is 37.9 Å². The van der Waals surface area contributed by atoms with Crippen LogP contribution in [0.1, 0.15) is 15.9 Å². The molecule has 0 radical (unpaired) electrons. The van der Waals surface area contributed by atoms with Gasteiger partial charge in [-0.05, 0) is 72.0 Å². The molecule has 0 aliphatic heterocycles. The lowest BCUT2D eigenvalue weighted by atomic mass is 10.1. The number of ether oxygens (including phenoxy) is 1. The Hall–Kier alpha value is -1.40. The molecule has 3 nitrogen and oxygen atoms in total. The molecule has 0 aromatic heterocycles. The first-order valence-electron chi connectivity index (χ1n) is 7.19. The van der Waals surface area contributed by atoms with Crippen molar-refractivity contribution in [3.63, 3.8) is 0 Å². The first-order chi connectivity index (χ1) is 10.6. The molecule has 0 aliphatic carbocycles. The number of benzene rings is 2. The number of nitrogens with zero attached hydrogens (tertiary/aromatic N) is 1. The Morgan fingerprint density at radius 3 is 2.45 bits per heavy atom. The quantitative estimate of drug-likeness (QED) is 0.517. The summed E-state index contributed by atoms with van der Waals surface area (Å²) in [6, 6.07) is 15.6. The molecule has 22 heavy (non-hydrogen) atoms. The van der Waals surface area contributed by atoms with Gasteiger partial charge in [0.1, 0.15) is 5.75 Å². The van der Waals surface area contributed by atoms with Gasteiger partial charge in [-0.1, -0.05) is 18.2 Å². The third-order valence-electron chi connectivity index (χ3n) is 3.55. The second-order valence-electron chi connectivity index (χ2n) is 5.23. The largest absolute Gasteiger partial charge is 0.497 e. The summed E-state index contributed by atoms with van der Waals surface area (Å²) >= 11 is 2.35. The Morgan fingerprint density at radius 1 is 1.14 bits per heavy atom. The molecule has 0 N–H and O–H groups in total. The molecule has 0 atom stereocenters. The van der Waals surface area contributed by atoms with Gasteiger partial charge in [0, 0.05) is 15.7 Å². The van der Waals surface area contributed by atoms with Crippen molar-refractivity contribution < 1.29 is 9.53 Å². The molecule has 0 saturated heterocycles. The van der Waals surface area contributed by atoms with E-state index in [4.69, 9.17) is 4.74 Å². The smallest absolute Gasteiger partial charge is 0.176 e. The lowest BCUT2D eigenvalue weighted by Gasteiger charge is -2.16. The summed E-state index contributed by atoms with van der Waals surface area (Å²) in [4.78, 5) is 14.3. The number of carbonyl (C=O) groups is 1. The van der Waals surface area contributed by atoms with E-state index in [9.17, 15) is 4.79 Å². The van der Waals surface area contributed by atoms with Gasteiger partial charge in [0.25, 0.3) is 0 Å². The van der Waals surface area contributed by atoms with Crippen molar-refractivity contribution in [2.24, 2.45) is 0 Å². The van der Waals surface area contributed by atoms with E-state index in [0.29, 0.717) is 6.54 Å². The third-order valence-corrected chi connectivity index (χ3v) is 4.60. The monoisotopic (exact) mass is 409 g/mol. The van der Waals surface area contributed by atoms with E-state index in [0.717, 1.165) is 24.3 Å². The van der Waals surface area contributed by atoms with Crippen molar-refractivity contribution in [2.45, 2.75) is 6.42 Å². The number of ketones is 1. The van der Waals surface area contributed by atoms with Crippen LogP contribution >= 0.6 is 22.6 Å². The van der Waals surface area contributed by atoms with E-state index in [2.05, 4.69) is 45.7 Å². The molecular formula is C18H20INO2. The Bertz CT molecular complexity index is 625. The van der Waals surface area contributed by atoms with Crippen molar-refractivity contribution in [3.8, 4) is 5.75 Å². The fourth-order valence-corrected chi connectivity index (χ4v) is 2.86.